The van der Waals surface area contributed by atoms with Crippen LogP contribution in [0.15, 0.2) is 90.5 Å². The molecule has 3 heterocycles. The first-order chi connectivity index (χ1) is 16.6. The highest BCUT2D eigenvalue weighted by molar-refractivity contribution is 6.30. The van der Waals surface area contributed by atoms with Gasteiger partial charge in [0, 0.05) is 21.5 Å². The summed E-state index contributed by atoms with van der Waals surface area (Å²) >= 11 is 6.22. The second-order valence-corrected chi connectivity index (χ2v) is 8.64. The van der Waals surface area contributed by atoms with Gasteiger partial charge >= 0.3 is 5.97 Å². The molecule has 166 valence electrons. The van der Waals surface area contributed by atoms with Crippen molar-refractivity contribution in [2.45, 2.75) is 6.54 Å². The average molecular weight is 466 g/mol. The molecule has 0 saturated heterocycles. The number of fused-ring (bicyclic) bond motifs is 5. The molecule has 0 unspecified atom stereocenters. The first-order valence-electron chi connectivity index (χ1n) is 11.0. The Morgan fingerprint density at radius 2 is 1.71 bits per heavy atom. The van der Waals surface area contributed by atoms with Crippen LogP contribution in [0.5, 0.6) is 0 Å². The van der Waals surface area contributed by atoms with Crippen LogP contribution in [0, 0.1) is 0 Å². The Morgan fingerprint density at radius 1 is 0.971 bits per heavy atom. The summed E-state index contributed by atoms with van der Waals surface area (Å²) in [4.78, 5) is 12.7. The highest BCUT2D eigenvalue weighted by Gasteiger charge is 2.28. The van der Waals surface area contributed by atoms with E-state index in [-0.39, 0.29) is 5.97 Å². The molecule has 0 aliphatic carbocycles. The summed E-state index contributed by atoms with van der Waals surface area (Å²) < 4.78 is 9.22. The Kier molecular flexibility index (Phi) is 4.85. The minimum absolute atomic E-state index is 0.362. The largest absolute Gasteiger partial charge is 0.466 e. The van der Waals surface area contributed by atoms with Crippen molar-refractivity contribution in [2.75, 3.05) is 7.11 Å². The van der Waals surface area contributed by atoms with Gasteiger partial charge in [0.2, 0.25) is 0 Å². The van der Waals surface area contributed by atoms with Crippen LogP contribution in [0.3, 0.4) is 0 Å². The van der Waals surface area contributed by atoms with E-state index in [2.05, 4.69) is 22.8 Å². The first kappa shape index (κ1) is 20.5. The summed E-state index contributed by atoms with van der Waals surface area (Å²) in [7, 11) is 1.41. The highest BCUT2D eigenvalue weighted by Crippen LogP contribution is 2.42. The molecular weight excluding hydrogens is 446 g/mol. The van der Waals surface area contributed by atoms with Crippen molar-refractivity contribution in [3.8, 4) is 28.2 Å². The van der Waals surface area contributed by atoms with Crippen LogP contribution in [0.1, 0.15) is 5.69 Å². The fourth-order valence-electron chi connectivity index (χ4n) is 4.64. The maximum Gasteiger partial charge on any atom is 0.335 e. The van der Waals surface area contributed by atoms with E-state index in [0.717, 1.165) is 44.8 Å². The minimum atomic E-state index is -0.362. The molecule has 0 N–H and O–H groups in total. The van der Waals surface area contributed by atoms with Crippen LogP contribution in [0.25, 0.3) is 45.2 Å². The number of halogens is 1. The maximum atomic E-state index is 12.7. The van der Waals surface area contributed by atoms with Gasteiger partial charge in [0.25, 0.3) is 0 Å². The summed E-state index contributed by atoms with van der Waals surface area (Å²) in [5.41, 5.74) is 7.11. The molecule has 2 aromatic heterocycles. The zero-order valence-electron chi connectivity index (χ0n) is 18.4. The molecule has 0 amide bonds. The first-order valence-corrected chi connectivity index (χ1v) is 11.3. The highest BCUT2D eigenvalue weighted by atomic mass is 35.5. The van der Waals surface area contributed by atoms with Crippen LogP contribution in [0.2, 0.25) is 5.02 Å². The van der Waals surface area contributed by atoms with Gasteiger partial charge in [0.15, 0.2) is 0 Å². The number of hydrogen-bond donors (Lipinski definition) is 0. The molecule has 0 spiro atoms. The van der Waals surface area contributed by atoms with Gasteiger partial charge in [0.1, 0.15) is 0 Å². The van der Waals surface area contributed by atoms with Crippen molar-refractivity contribution >= 4 is 34.5 Å². The van der Waals surface area contributed by atoms with Crippen molar-refractivity contribution < 1.29 is 9.53 Å². The average Bonchev–Trinajstić information content (AvgIpc) is 3.38. The molecule has 5 nitrogen and oxygen atoms in total. The third-order valence-corrected chi connectivity index (χ3v) is 6.44. The van der Waals surface area contributed by atoms with Crippen molar-refractivity contribution in [3.05, 3.63) is 101 Å². The zero-order chi connectivity index (χ0) is 23.2. The van der Waals surface area contributed by atoms with Crippen LogP contribution in [-0.2, 0) is 16.1 Å². The van der Waals surface area contributed by atoms with Gasteiger partial charge in [-0.15, -0.1) is 0 Å². The Morgan fingerprint density at radius 3 is 2.47 bits per heavy atom. The number of carbonyl (C=O) groups excluding carboxylic acids is 1. The van der Waals surface area contributed by atoms with Crippen molar-refractivity contribution in [1.29, 1.82) is 0 Å². The third kappa shape index (κ3) is 3.25. The van der Waals surface area contributed by atoms with Gasteiger partial charge in [-0.05, 0) is 42.5 Å². The molecule has 3 aromatic carbocycles. The number of para-hydroxylation sites is 2. The quantitative estimate of drug-likeness (QED) is 0.290. The van der Waals surface area contributed by atoms with E-state index < -0.39 is 0 Å². The van der Waals surface area contributed by atoms with E-state index in [1.165, 1.54) is 7.11 Å². The van der Waals surface area contributed by atoms with Crippen LogP contribution >= 0.6 is 11.6 Å². The van der Waals surface area contributed by atoms with Crippen LogP contribution < -0.4 is 0 Å². The second kappa shape index (κ2) is 8.04. The summed E-state index contributed by atoms with van der Waals surface area (Å²) in [5.74, 6) is -0.362. The molecule has 6 rings (SSSR count). The van der Waals surface area contributed by atoms with E-state index >= 15 is 0 Å². The molecule has 0 atom stereocenters. The van der Waals surface area contributed by atoms with Gasteiger partial charge < -0.3 is 9.30 Å². The lowest BCUT2D eigenvalue weighted by molar-refractivity contribution is -0.136. The Bertz CT molecular complexity index is 1580. The van der Waals surface area contributed by atoms with Crippen molar-refractivity contribution in [1.82, 2.24) is 14.3 Å². The van der Waals surface area contributed by atoms with Gasteiger partial charge in [-0.3, -0.25) is 0 Å². The number of rotatable bonds is 3. The summed E-state index contributed by atoms with van der Waals surface area (Å²) in [6.07, 6.45) is 1.85. The normalized spacial score (nSPS) is 12.6. The Labute approximate surface area is 201 Å². The number of carbonyl (C=O) groups is 1. The van der Waals surface area contributed by atoms with Gasteiger partial charge in [-0.25, -0.2) is 9.48 Å². The number of benzene rings is 3. The monoisotopic (exact) mass is 465 g/mol. The predicted octanol–water partition coefficient (Wildman–Crippen LogP) is 6.38. The maximum absolute atomic E-state index is 12.7. The van der Waals surface area contributed by atoms with E-state index in [9.17, 15) is 4.79 Å². The standard InChI is InChI=1S/C28H20ClN3O2/c1-34-28(33)20-15-23-26(25-16-19-7-5-6-10-24(19)31(25)17-20)27(18-11-13-21(29)14-12-18)32(30-23)22-8-3-2-4-9-22/h2-16H,17H2,1H3. The SMILES string of the molecule is COC(=O)C1=Cc2nn(-c3ccccc3)c(-c3ccc(Cl)cc3)c2-c2cc3ccccc3n2C1. The summed E-state index contributed by atoms with van der Waals surface area (Å²) in [6.45, 7) is 0.400. The smallest absolute Gasteiger partial charge is 0.335 e. The molecule has 0 bridgehead atoms. The molecule has 1 aliphatic heterocycles. The van der Waals surface area contributed by atoms with E-state index in [4.69, 9.17) is 21.4 Å². The number of aromatic nitrogens is 3. The number of nitrogens with zero attached hydrogens (tertiary/aromatic N) is 3. The molecule has 0 radical (unpaired) electrons. The lowest BCUT2D eigenvalue weighted by Crippen LogP contribution is -2.11. The van der Waals surface area contributed by atoms with Gasteiger partial charge in [-0.2, -0.15) is 5.10 Å². The molecule has 0 fully saturated rings. The minimum Gasteiger partial charge on any atom is -0.466 e. The van der Waals surface area contributed by atoms with Crippen LogP contribution in [0.4, 0.5) is 0 Å². The van der Waals surface area contributed by atoms with Crippen molar-refractivity contribution in [2.24, 2.45) is 0 Å². The predicted molar refractivity (Wildman–Crippen MR) is 135 cm³/mol. The number of hydrogen-bond acceptors (Lipinski definition) is 3. The number of ether oxygens (including phenoxy) is 1. The lowest BCUT2D eigenvalue weighted by Gasteiger charge is -2.13. The van der Waals surface area contributed by atoms with E-state index in [1.807, 2.05) is 77.5 Å². The Balaban J connectivity index is 1.74. The van der Waals surface area contributed by atoms with Crippen molar-refractivity contribution in [3.63, 3.8) is 0 Å². The molecule has 5 aromatic rings. The number of methoxy groups -OCH3 is 1. The molecule has 1 aliphatic rings. The van der Waals surface area contributed by atoms with Gasteiger partial charge in [-0.1, -0.05) is 60.1 Å². The summed E-state index contributed by atoms with van der Waals surface area (Å²) in [6, 6.07) is 28.1. The Hall–Kier alpha value is -4.09. The van der Waals surface area contributed by atoms with E-state index in [0.29, 0.717) is 17.1 Å². The van der Waals surface area contributed by atoms with Gasteiger partial charge in [0.05, 0.1) is 47.6 Å². The third-order valence-electron chi connectivity index (χ3n) is 6.18. The molecular formula is C28H20ClN3O2. The number of esters is 1. The molecule has 34 heavy (non-hydrogen) atoms. The topological polar surface area (TPSA) is 49.0 Å². The zero-order valence-corrected chi connectivity index (χ0v) is 19.2. The molecule has 6 heteroatoms. The lowest BCUT2D eigenvalue weighted by atomic mass is 10.0. The van der Waals surface area contributed by atoms with E-state index in [1.54, 1.807) is 0 Å². The molecule has 0 saturated carbocycles. The summed E-state index contributed by atoms with van der Waals surface area (Å²) in [5, 5.41) is 6.77. The fourth-order valence-corrected chi connectivity index (χ4v) is 4.77. The fraction of sp³-hybridized carbons (Fsp3) is 0.0714. The second-order valence-electron chi connectivity index (χ2n) is 8.20. The van der Waals surface area contributed by atoms with Crippen LogP contribution in [-0.4, -0.2) is 27.4 Å².